The second-order valence-electron chi connectivity index (χ2n) is 4.49. The van der Waals surface area contributed by atoms with Gasteiger partial charge in [-0.05, 0) is 24.3 Å². The number of para-hydroxylation sites is 1. The standard InChI is InChI=1S/C15H14N4O/c16-12-5-1-3-10-6-7-13(19-14(10)12)15(20)18-9-11-4-2-8-17-11/h1-8,17H,9,16H2,(H,18,20). The van der Waals surface area contributed by atoms with E-state index in [9.17, 15) is 4.79 Å². The molecule has 3 aromatic rings. The first-order chi connectivity index (χ1) is 9.74. The number of hydrogen-bond acceptors (Lipinski definition) is 3. The van der Waals surface area contributed by atoms with E-state index in [-0.39, 0.29) is 5.91 Å². The average Bonchev–Trinajstić information content (AvgIpc) is 2.98. The lowest BCUT2D eigenvalue weighted by Gasteiger charge is -2.06. The van der Waals surface area contributed by atoms with Crippen molar-refractivity contribution in [2.24, 2.45) is 0 Å². The van der Waals surface area contributed by atoms with E-state index in [4.69, 9.17) is 5.73 Å². The third kappa shape index (κ3) is 2.33. The first kappa shape index (κ1) is 12.2. The maximum Gasteiger partial charge on any atom is 0.270 e. The number of nitrogens with zero attached hydrogens (tertiary/aromatic N) is 1. The van der Waals surface area contributed by atoms with Gasteiger partial charge < -0.3 is 16.0 Å². The van der Waals surface area contributed by atoms with E-state index >= 15 is 0 Å². The first-order valence-corrected chi connectivity index (χ1v) is 6.30. The SMILES string of the molecule is Nc1cccc2ccc(C(=O)NCc3ccc[nH]3)nc12. The predicted molar refractivity (Wildman–Crippen MR) is 78.1 cm³/mol. The highest BCUT2D eigenvalue weighted by Crippen LogP contribution is 2.18. The third-order valence-corrected chi connectivity index (χ3v) is 3.09. The quantitative estimate of drug-likeness (QED) is 0.634. The third-order valence-electron chi connectivity index (χ3n) is 3.09. The lowest BCUT2D eigenvalue weighted by atomic mass is 10.1. The number of pyridine rings is 1. The van der Waals surface area contributed by atoms with Crippen molar-refractivity contribution in [2.45, 2.75) is 6.54 Å². The van der Waals surface area contributed by atoms with Crippen LogP contribution in [0.4, 0.5) is 5.69 Å². The molecule has 2 aromatic heterocycles. The van der Waals surface area contributed by atoms with E-state index in [0.29, 0.717) is 23.4 Å². The van der Waals surface area contributed by atoms with Crippen molar-refractivity contribution in [1.29, 1.82) is 0 Å². The largest absolute Gasteiger partial charge is 0.397 e. The number of aromatic nitrogens is 2. The Kier molecular flexibility index (Phi) is 3.09. The van der Waals surface area contributed by atoms with Gasteiger partial charge in [-0.3, -0.25) is 4.79 Å². The number of aromatic amines is 1. The summed E-state index contributed by atoms with van der Waals surface area (Å²) in [5.41, 5.74) is 8.41. The Labute approximate surface area is 115 Å². The molecule has 0 unspecified atom stereocenters. The summed E-state index contributed by atoms with van der Waals surface area (Å²) in [6.45, 7) is 0.440. The summed E-state index contributed by atoms with van der Waals surface area (Å²) in [6, 6.07) is 12.9. The van der Waals surface area contributed by atoms with E-state index in [1.807, 2.05) is 36.5 Å². The summed E-state index contributed by atoms with van der Waals surface area (Å²) in [5, 5.41) is 3.73. The fourth-order valence-corrected chi connectivity index (χ4v) is 2.04. The molecular formula is C15H14N4O. The van der Waals surface area contributed by atoms with E-state index in [2.05, 4.69) is 15.3 Å². The van der Waals surface area contributed by atoms with Gasteiger partial charge >= 0.3 is 0 Å². The molecule has 0 aliphatic heterocycles. The fraction of sp³-hybridized carbons (Fsp3) is 0.0667. The van der Waals surface area contributed by atoms with Crippen molar-refractivity contribution >= 4 is 22.5 Å². The molecule has 0 atom stereocenters. The summed E-state index contributed by atoms with van der Waals surface area (Å²) in [7, 11) is 0. The molecule has 5 nitrogen and oxygen atoms in total. The molecule has 20 heavy (non-hydrogen) atoms. The van der Waals surface area contributed by atoms with Crippen LogP contribution in [0, 0.1) is 0 Å². The van der Waals surface area contributed by atoms with Crippen LogP contribution in [-0.2, 0) is 6.54 Å². The van der Waals surface area contributed by atoms with Gasteiger partial charge in [0.25, 0.3) is 5.91 Å². The molecule has 0 fully saturated rings. The Morgan fingerprint density at radius 3 is 2.90 bits per heavy atom. The predicted octanol–water partition coefficient (Wildman–Crippen LogP) is 2.08. The molecule has 2 heterocycles. The van der Waals surface area contributed by atoms with E-state index in [1.165, 1.54) is 0 Å². The molecule has 0 saturated heterocycles. The summed E-state index contributed by atoms with van der Waals surface area (Å²) in [5.74, 6) is -0.218. The van der Waals surface area contributed by atoms with Crippen LogP contribution in [0.25, 0.3) is 10.9 Å². The summed E-state index contributed by atoms with van der Waals surface area (Å²) < 4.78 is 0. The van der Waals surface area contributed by atoms with Crippen molar-refractivity contribution in [3.05, 3.63) is 60.0 Å². The molecule has 0 saturated carbocycles. The van der Waals surface area contributed by atoms with Crippen LogP contribution >= 0.6 is 0 Å². The second kappa shape index (κ2) is 5.05. The van der Waals surface area contributed by atoms with Crippen LogP contribution < -0.4 is 11.1 Å². The van der Waals surface area contributed by atoms with E-state index < -0.39 is 0 Å². The van der Waals surface area contributed by atoms with Gasteiger partial charge in [0, 0.05) is 17.3 Å². The molecule has 1 amide bonds. The number of hydrogen-bond donors (Lipinski definition) is 3. The van der Waals surface area contributed by atoms with Crippen LogP contribution in [0.1, 0.15) is 16.2 Å². The summed E-state index contributed by atoms with van der Waals surface area (Å²) in [6.07, 6.45) is 1.82. The van der Waals surface area contributed by atoms with Crippen molar-refractivity contribution in [3.63, 3.8) is 0 Å². The smallest absolute Gasteiger partial charge is 0.270 e. The number of anilines is 1. The monoisotopic (exact) mass is 266 g/mol. The van der Waals surface area contributed by atoms with Gasteiger partial charge in [-0.1, -0.05) is 18.2 Å². The number of carbonyl (C=O) groups is 1. The van der Waals surface area contributed by atoms with Gasteiger partial charge in [0.1, 0.15) is 5.69 Å². The van der Waals surface area contributed by atoms with Crippen LogP contribution in [0.15, 0.2) is 48.7 Å². The van der Waals surface area contributed by atoms with Gasteiger partial charge in [-0.2, -0.15) is 0 Å². The minimum atomic E-state index is -0.218. The van der Waals surface area contributed by atoms with Crippen molar-refractivity contribution in [2.75, 3.05) is 5.73 Å². The zero-order valence-electron chi connectivity index (χ0n) is 10.8. The Balaban J connectivity index is 1.82. The number of H-pyrrole nitrogens is 1. The normalized spacial score (nSPS) is 10.6. The number of benzene rings is 1. The second-order valence-corrected chi connectivity index (χ2v) is 4.49. The van der Waals surface area contributed by atoms with Gasteiger partial charge in [0.15, 0.2) is 0 Å². The highest BCUT2D eigenvalue weighted by Gasteiger charge is 2.09. The summed E-state index contributed by atoms with van der Waals surface area (Å²) in [4.78, 5) is 19.4. The Bertz CT molecular complexity index is 750. The molecule has 0 radical (unpaired) electrons. The minimum absolute atomic E-state index is 0.218. The Morgan fingerprint density at radius 2 is 2.10 bits per heavy atom. The maximum atomic E-state index is 12.1. The number of nitrogens with two attached hydrogens (primary N) is 1. The van der Waals surface area contributed by atoms with Gasteiger partial charge in [-0.25, -0.2) is 4.98 Å². The molecule has 4 N–H and O–H groups in total. The molecule has 0 aliphatic rings. The van der Waals surface area contributed by atoms with Crippen molar-refractivity contribution in [3.8, 4) is 0 Å². The number of amides is 1. The highest BCUT2D eigenvalue weighted by atomic mass is 16.1. The summed E-state index contributed by atoms with van der Waals surface area (Å²) >= 11 is 0. The molecule has 1 aromatic carbocycles. The van der Waals surface area contributed by atoms with Gasteiger partial charge in [0.05, 0.1) is 17.7 Å². The Morgan fingerprint density at radius 1 is 1.20 bits per heavy atom. The maximum absolute atomic E-state index is 12.1. The first-order valence-electron chi connectivity index (χ1n) is 6.30. The Hall–Kier alpha value is -2.82. The molecule has 5 heteroatoms. The average molecular weight is 266 g/mol. The molecule has 0 spiro atoms. The number of nitrogens with one attached hydrogen (secondary N) is 2. The molecule has 100 valence electrons. The fourth-order valence-electron chi connectivity index (χ4n) is 2.04. The zero-order valence-corrected chi connectivity index (χ0v) is 10.8. The lowest BCUT2D eigenvalue weighted by molar-refractivity contribution is 0.0946. The van der Waals surface area contributed by atoms with Crippen molar-refractivity contribution in [1.82, 2.24) is 15.3 Å². The molecule has 3 rings (SSSR count). The molecule has 0 aliphatic carbocycles. The van der Waals surface area contributed by atoms with E-state index in [0.717, 1.165) is 11.1 Å². The minimum Gasteiger partial charge on any atom is -0.397 e. The molecular weight excluding hydrogens is 252 g/mol. The van der Waals surface area contributed by atoms with Crippen LogP contribution in [0.2, 0.25) is 0 Å². The number of rotatable bonds is 3. The van der Waals surface area contributed by atoms with Gasteiger partial charge in [-0.15, -0.1) is 0 Å². The topological polar surface area (TPSA) is 83.8 Å². The van der Waals surface area contributed by atoms with E-state index in [1.54, 1.807) is 12.1 Å². The number of nitrogen functional groups attached to an aromatic ring is 1. The lowest BCUT2D eigenvalue weighted by Crippen LogP contribution is -2.24. The zero-order chi connectivity index (χ0) is 13.9. The van der Waals surface area contributed by atoms with Crippen LogP contribution in [0.5, 0.6) is 0 Å². The highest BCUT2D eigenvalue weighted by molar-refractivity contribution is 5.97. The van der Waals surface area contributed by atoms with Crippen LogP contribution in [-0.4, -0.2) is 15.9 Å². The van der Waals surface area contributed by atoms with Gasteiger partial charge in [0.2, 0.25) is 0 Å². The number of carbonyl (C=O) groups excluding carboxylic acids is 1. The molecule has 0 bridgehead atoms. The van der Waals surface area contributed by atoms with Crippen LogP contribution in [0.3, 0.4) is 0 Å². The number of fused-ring (bicyclic) bond motifs is 1. The van der Waals surface area contributed by atoms with Crippen molar-refractivity contribution < 1.29 is 4.79 Å².